The maximum atomic E-state index is 10.9. The molecule has 0 atom stereocenters. The maximum absolute atomic E-state index is 10.9. The average molecular weight is 265 g/mol. The summed E-state index contributed by atoms with van der Waals surface area (Å²) >= 11 is 0. The number of amides is 1. The van der Waals surface area contributed by atoms with Crippen LogP contribution in [0.1, 0.15) is 38.1 Å². The third kappa shape index (κ3) is 4.73. The van der Waals surface area contributed by atoms with Gasteiger partial charge in [0.1, 0.15) is 17.5 Å². The number of anilines is 2. The van der Waals surface area contributed by atoms with Gasteiger partial charge in [0, 0.05) is 18.5 Å². The molecule has 19 heavy (non-hydrogen) atoms. The molecule has 1 rings (SSSR count). The van der Waals surface area contributed by atoms with Gasteiger partial charge in [-0.2, -0.15) is 0 Å². The molecule has 0 aromatic carbocycles. The Morgan fingerprint density at radius 1 is 1.16 bits per heavy atom. The SMILES string of the molecule is CCCNc1nc(CCC)nc(NCC(N)=O)c1C. The van der Waals surface area contributed by atoms with Crippen LogP contribution in [0, 0.1) is 6.92 Å². The second-order valence-corrected chi connectivity index (χ2v) is 4.46. The molecule has 0 radical (unpaired) electrons. The number of nitrogens with two attached hydrogens (primary N) is 1. The molecular formula is C13H23N5O. The zero-order valence-electron chi connectivity index (χ0n) is 11.9. The molecule has 1 aromatic rings. The topological polar surface area (TPSA) is 92.9 Å². The van der Waals surface area contributed by atoms with Crippen LogP contribution in [0.2, 0.25) is 0 Å². The number of carbonyl (C=O) groups excluding carboxylic acids is 1. The lowest BCUT2D eigenvalue weighted by atomic mass is 10.2. The van der Waals surface area contributed by atoms with Crippen molar-refractivity contribution in [1.29, 1.82) is 0 Å². The predicted octanol–water partition coefficient (Wildman–Crippen LogP) is 1.46. The Morgan fingerprint density at radius 3 is 2.32 bits per heavy atom. The Labute approximate surface area is 114 Å². The molecular weight excluding hydrogens is 242 g/mol. The summed E-state index contributed by atoms with van der Waals surface area (Å²) in [5.41, 5.74) is 6.06. The van der Waals surface area contributed by atoms with E-state index in [9.17, 15) is 4.79 Å². The van der Waals surface area contributed by atoms with Crippen LogP contribution in [0.3, 0.4) is 0 Å². The van der Waals surface area contributed by atoms with Gasteiger partial charge in [-0.15, -0.1) is 0 Å². The normalized spacial score (nSPS) is 10.3. The maximum Gasteiger partial charge on any atom is 0.236 e. The highest BCUT2D eigenvalue weighted by Crippen LogP contribution is 2.20. The second kappa shape index (κ2) is 7.56. The Balaban J connectivity index is 2.98. The van der Waals surface area contributed by atoms with E-state index in [0.29, 0.717) is 5.82 Å². The molecule has 0 aliphatic heterocycles. The summed E-state index contributed by atoms with van der Waals surface area (Å²) in [6, 6.07) is 0. The third-order valence-electron chi connectivity index (χ3n) is 2.64. The van der Waals surface area contributed by atoms with E-state index in [1.54, 1.807) is 0 Å². The van der Waals surface area contributed by atoms with Gasteiger partial charge >= 0.3 is 0 Å². The summed E-state index contributed by atoms with van der Waals surface area (Å²) in [4.78, 5) is 19.8. The fourth-order valence-corrected chi connectivity index (χ4v) is 1.66. The fourth-order valence-electron chi connectivity index (χ4n) is 1.66. The van der Waals surface area contributed by atoms with E-state index in [4.69, 9.17) is 5.73 Å². The van der Waals surface area contributed by atoms with Gasteiger partial charge in [0.25, 0.3) is 0 Å². The van der Waals surface area contributed by atoms with Gasteiger partial charge in [-0.25, -0.2) is 9.97 Å². The lowest BCUT2D eigenvalue weighted by molar-refractivity contribution is -0.116. The Hall–Kier alpha value is -1.85. The standard InChI is InChI=1S/C13H23N5O/c1-4-6-11-17-12(15-7-5-2)9(3)13(18-11)16-8-10(14)19/h4-8H2,1-3H3,(H2,14,19)(H2,15,16,17,18). The summed E-state index contributed by atoms with van der Waals surface area (Å²) in [7, 11) is 0. The van der Waals surface area contributed by atoms with Crippen LogP contribution in [-0.4, -0.2) is 29.0 Å². The number of hydrogen-bond donors (Lipinski definition) is 3. The Kier molecular flexibility index (Phi) is 6.05. The largest absolute Gasteiger partial charge is 0.370 e. The molecule has 0 aliphatic rings. The zero-order valence-corrected chi connectivity index (χ0v) is 11.9. The first-order valence-corrected chi connectivity index (χ1v) is 6.72. The van der Waals surface area contributed by atoms with E-state index in [2.05, 4.69) is 34.4 Å². The second-order valence-electron chi connectivity index (χ2n) is 4.46. The minimum absolute atomic E-state index is 0.0800. The number of carbonyl (C=O) groups is 1. The lowest BCUT2D eigenvalue weighted by Gasteiger charge is -2.14. The minimum atomic E-state index is -0.405. The Morgan fingerprint density at radius 2 is 1.79 bits per heavy atom. The number of aromatic nitrogens is 2. The molecule has 0 saturated carbocycles. The summed E-state index contributed by atoms with van der Waals surface area (Å²) in [5.74, 6) is 1.87. The van der Waals surface area contributed by atoms with Crippen molar-refractivity contribution in [3.63, 3.8) is 0 Å². The molecule has 6 heteroatoms. The number of hydrogen-bond acceptors (Lipinski definition) is 5. The summed E-state index contributed by atoms with van der Waals surface area (Å²) in [5, 5.41) is 6.24. The van der Waals surface area contributed by atoms with Crippen LogP contribution >= 0.6 is 0 Å². The van der Waals surface area contributed by atoms with Crippen molar-refractivity contribution in [3.8, 4) is 0 Å². The van der Waals surface area contributed by atoms with E-state index in [1.165, 1.54) is 0 Å². The summed E-state index contributed by atoms with van der Waals surface area (Å²) in [6.07, 6.45) is 2.81. The highest BCUT2D eigenvalue weighted by Gasteiger charge is 2.10. The number of nitrogens with one attached hydrogen (secondary N) is 2. The van der Waals surface area contributed by atoms with Crippen molar-refractivity contribution in [3.05, 3.63) is 11.4 Å². The van der Waals surface area contributed by atoms with Gasteiger partial charge in [0.05, 0.1) is 6.54 Å². The van der Waals surface area contributed by atoms with Gasteiger partial charge in [0.2, 0.25) is 5.91 Å². The average Bonchev–Trinajstić information content (AvgIpc) is 2.37. The first kappa shape index (κ1) is 15.2. The van der Waals surface area contributed by atoms with Crippen molar-refractivity contribution < 1.29 is 4.79 Å². The van der Waals surface area contributed by atoms with Crippen molar-refractivity contribution in [1.82, 2.24) is 9.97 Å². The quantitative estimate of drug-likeness (QED) is 0.661. The van der Waals surface area contributed by atoms with Crippen LogP contribution in [0.4, 0.5) is 11.6 Å². The molecule has 0 aliphatic carbocycles. The van der Waals surface area contributed by atoms with E-state index >= 15 is 0 Å². The molecule has 4 N–H and O–H groups in total. The molecule has 0 saturated heterocycles. The van der Waals surface area contributed by atoms with Crippen molar-refractivity contribution in [2.75, 3.05) is 23.7 Å². The van der Waals surface area contributed by atoms with Crippen LogP contribution in [0.5, 0.6) is 0 Å². The third-order valence-corrected chi connectivity index (χ3v) is 2.64. The predicted molar refractivity (Wildman–Crippen MR) is 77.2 cm³/mol. The molecule has 1 amide bonds. The summed E-state index contributed by atoms with van der Waals surface area (Å²) < 4.78 is 0. The van der Waals surface area contributed by atoms with Gasteiger partial charge in [-0.3, -0.25) is 4.79 Å². The van der Waals surface area contributed by atoms with Crippen LogP contribution in [0.25, 0.3) is 0 Å². The molecule has 0 unspecified atom stereocenters. The lowest BCUT2D eigenvalue weighted by Crippen LogP contribution is -2.23. The van der Waals surface area contributed by atoms with E-state index in [-0.39, 0.29) is 6.54 Å². The van der Waals surface area contributed by atoms with Crippen molar-refractivity contribution in [2.24, 2.45) is 5.73 Å². The van der Waals surface area contributed by atoms with Crippen molar-refractivity contribution in [2.45, 2.75) is 40.0 Å². The van der Waals surface area contributed by atoms with Crippen molar-refractivity contribution >= 4 is 17.5 Å². The Bertz CT molecular complexity index is 433. The molecule has 0 spiro atoms. The zero-order chi connectivity index (χ0) is 14.3. The van der Waals surface area contributed by atoms with Crippen LogP contribution in [-0.2, 0) is 11.2 Å². The van der Waals surface area contributed by atoms with Gasteiger partial charge in [-0.1, -0.05) is 13.8 Å². The number of rotatable bonds is 8. The van der Waals surface area contributed by atoms with Gasteiger partial charge < -0.3 is 16.4 Å². The number of aryl methyl sites for hydroxylation is 1. The molecule has 0 bridgehead atoms. The van der Waals surface area contributed by atoms with E-state index < -0.39 is 5.91 Å². The number of nitrogens with zero attached hydrogens (tertiary/aromatic N) is 2. The molecule has 6 nitrogen and oxygen atoms in total. The molecule has 1 aromatic heterocycles. The van der Waals surface area contributed by atoms with E-state index in [1.807, 2.05) is 6.92 Å². The molecule has 1 heterocycles. The summed E-state index contributed by atoms with van der Waals surface area (Å²) in [6.45, 7) is 7.05. The van der Waals surface area contributed by atoms with Crippen LogP contribution in [0.15, 0.2) is 0 Å². The van der Waals surface area contributed by atoms with Gasteiger partial charge in [-0.05, 0) is 19.8 Å². The molecule has 0 fully saturated rings. The number of primary amides is 1. The fraction of sp³-hybridized carbons (Fsp3) is 0.615. The smallest absolute Gasteiger partial charge is 0.236 e. The first-order chi connectivity index (χ1) is 9.08. The van der Waals surface area contributed by atoms with Gasteiger partial charge in [0.15, 0.2) is 0 Å². The first-order valence-electron chi connectivity index (χ1n) is 6.72. The monoisotopic (exact) mass is 265 g/mol. The molecule has 106 valence electrons. The van der Waals surface area contributed by atoms with Crippen LogP contribution < -0.4 is 16.4 Å². The highest BCUT2D eigenvalue weighted by molar-refractivity contribution is 5.79. The highest BCUT2D eigenvalue weighted by atomic mass is 16.1. The van der Waals surface area contributed by atoms with E-state index in [0.717, 1.165) is 43.0 Å². The minimum Gasteiger partial charge on any atom is -0.370 e.